The highest BCUT2D eigenvalue weighted by molar-refractivity contribution is 7.15. The summed E-state index contributed by atoms with van der Waals surface area (Å²) in [6.45, 7) is 3.25. The minimum Gasteiger partial charge on any atom is -0.482 e. The summed E-state index contributed by atoms with van der Waals surface area (Å²) >= 11 is 7.49. The number of nitrogens with zero attached hydrogens (tertiary/aromatic N) is 4. The van der Waals surface area contributed by atoms with E-state index in [-0.39, 0.29) is 18.1 Å². The van der Waals surface area contributed by atoms with Crippen LogP contribution in [0.4, 0.5) is 0 Å². The van der Waals surface area contributed by atoms with Crippen molar-refractivity contribution in [2.75, 3.05) is 32.8 Å². The van der Waals surface area contributed by atoms with Crippen molar-refractivity contribution in [3.8, 4) is 5.75 Å². The Labute approximate surface area is 170 Å². The van der Waals surface area contributed by atoms with Crippen LogP contribution in [0.1, 0.15) is 5.69 Å². The number of halogens is 1. The van der Waals surface area contributed by atoms with Crippen molar-refractivity contribution < 1.29 is 9.53 Å². The second-order valence-electron chi connectivity index (χ2n) is 6.52. The molecule has 0 N–H and O–H groups in total. The quantitative estimate of drug-likeness (QED) is 0.635. The average molecular weight is 419 g/mol. The van der Waals surface area contributed by atoms with Gasteiger partial charge in [-0.25, -0.2) is 4.98 Å². The van der Waals surface area contributed by atoms with Crippen LogP contribution in [0.15, 0.2) is 46.7 Å². The summed E-state index contributed by atoms with van der Waals surface area (Å²) in [6.07, 6.45) is 1.73. The second kappa shape index (κ2) is 8.30. The Morgan fingerprint density at radius 1 is 1.21 bits per heavy atom. The summed E-state index contributed by atoms with van der Waals surface area (Å²) in [5.41, 5.74) is 0.695. The normalized spacial score (nSPS) is 15.1. The number of rotatable bonds is 5. The van der Waals surface area contributed by atoms with Crippen LogP contribution in [0.5, 0.6) is 5.75 Å². The maximum Gasteiger partial charge on any atom is 0.260 e. The molecule has 0 aliphatic carbocycles. The summed E-state index contributed by atoms with van der Waals surface area (Å²) in [7, 11) is 0. The lowest BCUT2D eigenvalue weighted by atomic mass is 10.2. The summed E-state index contributed by atoms with van der Waals surface area (Å²) < 4.78 is 7.08. The molecule has 1 aliphatic rings. The van der Waals surface area contributed by atoms with Crippen molar-refractivity contribution >= 4 is 33.8 Å². The zero-order valence-corrected chi connectivity index (χ0v) is 16.7. The molecule has 1 aromatic carbocycles. The molecule has 1 aliphatic heterocycles. The predicted molar refractivity (Wildman–Crippen MR) is 108 cm³/mol. The number of carbonyl (C=O) groups excluding carboxylic acids is 1. The number of ether oxygens (including phenoxy) is 1. The van der Waals surface area contributed by atoms with Crippen LogP contribution < -0.4 is 10.3 Å². The molecule has 1 saturated heterocycles. The van der Waals surface area contributed by atoms with Gasteiger partial charge in [-0.2, -0.15) is 0 Å². The molecule has 1 amide bonds. The summed E-state index contributed by atoms with van der Waals surface area (Å²) in [5.74, 6) is 0.452. The van der Waals surface area contributed by atoms with Gasteiger partial charge in [0, 0.05) is 50.4 Å². The second-order valence-corrected chi connectivity index (χ2v) is 7.80. The van der Waals surface area contributed by atoms with Crippen molar-refractivity contribution in [2.45, 2.75) is 6.54 Å². The van der Waals surface area contributed by atoms with Crippen LogP contribution in [0, 0.1) is 0 Å². The van der Waals surface area contributed by atoms with E-state index in [9.17, 15) is 9.59 Å². The van der Waals surface area contributed by atoms with E-state index in [0.29, 0.717) is 35.4 Å². The van der Waals surface area contributed by atoms with E-state index in [0.717, 1.165) is 18.8 Å². The van der Waals surface area contributed by atoms with E-state index in [2.05, 4.69) is 9.88 Å². The molecule has 9 heteroatoms. The monoisotopic (exact) mass is 418 g/mol. The number of carbonyl (C=O) groups is 1. The van der Waals surface area contributed by atoms with Gasteiger partial charge in [0.2, 0.25) is 0 Å². The van der Waals surface area contributed by atoms with Gasteiger partial charge in [0.1, 0.15) is 5.75 Å². The summed E-state index contributed by atoms with van der Waals surface area (Å²) in [6, 6.07) is 8.68. The van der Waals surface area contributed by atoms with E-state index >= 15 is 0 Å². The maximum atomic E-state index is 12.4. The van der Waals surface area contributed by atoms with E-state index in [1.807, 2.05) is 17.5 Å². The standard InChI is InChI=1S/C19H19ClN4O3S/c20-15-3-1-2-4-16(15)27-13-18(26)23-7-5-22(6-8-23)12-14-11-17(25)24-9-10-28-19(24)21-14/h1-4,9-11H,5-8,12-13H2. The largest absolute Gasteiger partial charge is 0.482 e. The number of aromatic nitrogens is 2. The topological polar surface area (TPSA) is 67.2 Å². The van der Waals surface area contributed by atoms with Crippen molar-refractivity contribution in [1.29, 1.82) is 0 Å². The van der Waals surface area contributed by atoms with Crippen LogP contribution in [0.25, 0.3) is 4.96 Å². The molecule has 2 aromatic heterocycles. The smallest absolute Gasteiger partial charge is 0.260 e. The summed E-state index contributed by atoms with van der Waals surface area (Å²) in [5, 5.41) is 2.34. The van der Waals surface area contributed by atoms with Crippen molar-refractivity contribution in [3.63, 3.8) is 0 Å². The summed E-state index contributed by atoms with van der Waals surface area (Å²) in [4.78, 5) is 33.7. The number of para-hydroxylation sites is 1. The number of amides is 1. The molecule has 0 atom stereocenters. The number of fused-ring (bicyclic) bond motifs is 1. The van der Waals surface area contributed by atoms with E-state index < -0.39 is 0 Å². The molecule has 146 valence electrons. The van der Waals surface area contributed by atoms with Crippen molar-refractivity contribution in [1.82, 2.24) is 19.2 Å². The Kier molecular flexibility index (Phi) is 5.61. The predicted octanol–water partition coefficient (Wildman–Crippen LogP) is 2.13. The van der Waals surface area contributed by atoms with Crippen LogP contribution >= 0.6 is 22.9 Å². The molecule has 28 heavy (non-hydrogen) atoms. The van der Waals surface area contributed by atoms with Gasteiger partial charge in [0.25, 0.3) is 11.5 Å². The maximum absolute atomic E-state index is 12.4. The first-order valence-corrected chi connectivity index (χ1v) is 10.2. The third-order valence-electron chi connectivity index (χ3n) is 4.65. The molecule has 7 nitrogen and oxygen atoms in total. The Morgan fingerprint density at radius 3 is 2.79 bits per heavy atom. The first-order valence-electron chi connectivity index (χ1n) is 8.93. The van der Waals surface area contributed by atoms with Gasteiger partial charge in [-0.05, 0) is 12.1 Å². The van der Waals surface area contributed by atoms with Crippen LogP contribution in [0.3, 0.4) is 0 Å². The Morgan fingerprint density at radius 2 is 2.00 bits per heavy atom. The first-order chi connectivity index (χ1) is 13.6. The van der Waals surface area contributed by atoms with E-state index in [1.54, 1.807) is 33.7 Å². The van der Waals surface area contributed by atoms with Gasteiger partial charge in [0.15, 0.2) is 11.6 Å². The van der Waals surface area contributed by atoms with Crippen LogP contribution in [0.2, 0.25) is 5.02 Å². The van der Waals surface area contributed by atoms with Gasteiger partial charge < -0.3 is 9.64 Å². The van der Waals surface area contributed by atoms with Crippen LogP contribution in [-0.2, 0) is 11.3 Å². The molecule has 3 heterocycles. The minimum atomic E-state index is -0.0632. The van der Waals surface area contributed by atoms with Crippen molar-refractivity contribution in [3.05, 3.63) is 63.0 Å². The number of hydrogen-bond donors (Lipinski definition) is 0. The molecule has 0 saturated carbocycles. The van der Waals surface area contributed by atoms with Gasteiger partial charge in [-0.1, -0.05) is 23.7 Å². The molecule has 4 rings (SSSR count). The lowest BCUT2D eigenvalue weighted by Crippen LogP contribution is -2.49. The fourth-order valence-corrected chi connectivity index (χ4v) is 4.07. The zero-order chi connectivity index (χ0) is 19.5. The molecular weight excluding hydrogens is 400 g/mol. The number of hydrogen-bond acceptors (Lipinski definition) is 6. The highest BCUT2D eigenvalue weighted by atomic mass is 35.5. The zero-order valence-electron chi connectivity index (χ0n) is 15.1. The number of thiazole rings is 1. The fraction of sp³-hybridized carbons (Fsp3) is 0.316. The third-order valence-corrected chi connectivity index (χ3v) is 5.72. The van der Waals surface area contributed by atoms with Gasteiger partial charge in [0.05, 0.1) is 10.7 Å². The Bertz CT molecular complexity index is 1040. The third kappa shape index (κ3) is 4.19. The highest BCUT2D eigenvalue weighted by Crippen LogP contribution is 2.23. The Hall–Kier alpha value is -2.42. The Balaban J connectivity index is 1.29. The number of benzene rings is 1. The lowest BCUT2D eigenvalue weighted by molar-refractivity contribution is -0.135. The van der Waals surface area contributed by atoms with Crippen molar-refractivity contribution in [2.24, 2.45) is 0 Å². The van der Waals surface area contributed by atoms with E-state index in [4.69, 9.17) is 16.3 Å². The molecular formula is C19H19ClN4O3S. The average Bonchev–Trinajstić information content (AvgIpc) is 3.17. The molecule has 0 spiro atoms. The molecule has 1 fully saturated rings. The lowest BCUT2D eigenvalue weighted by Gasteiger charge is -2.34. The van der Waals surface area contributed by atoms with Crippen LogP contribution in [-0.4, -0.2) is 57.9 Å². The highest BCUT2D eigenvalue weighted by Gasteiger charge is 2.22. The molecule has 0 radical (unpaired) electrons. The van der Waals surface area contributed by atoms with Gasteiger partial charge >= 0.3 is 0 Å². The van der Waals surface area contributed by atoms with Gasteiger partial charge in [-0.15, -0.1) is 11.3 Å². The SMILES string of the molecule is O=C(COc1ccccc1Cl)N1CCN(Cc2cc(=O)n3ccsc3n2)CC1. The number of piperazine rings is 1. The fourth-order valence-electron chi connectivity index (χ4n) is 3.15. The molecule has 0 bridgehead atoms. The van der Waals surface area contributed by atoms with E-state index in [1.165, 1.54) is 11.3 Å². The first kappa shape index (κ1) is 18.9. The molecule has 0 unspecified atom stereocenters. The van der Waals surface area contributed by atoms with Gasteiger partial charge in [-0.3, -0.25) is 18.9 Å². The molecule has 3 aromatic rings. The minimum absolute atomic E-state index is 0.0307.